The average molecular weight is 429 g/mol. The molecule has 1 N–H and O–H groups in total. The Labute approximate surface area is 173 Å². The molecule has 1 atom stereocenters. The minimum Gasteiger partial charge on any atom is -0.386 e. The van der Waals surface area contributed by atoms with Crippen molar-refractivity contribution < 1.29 is 80.1 Å². The maximum Gasteiger partial charge on any atom is 0.162 e. The largest absolute Gasteiger partial charge is 0.386 e. The molecule has 0 saturated carbocycles. The van der Waals surface area contributed by atoms with Gasteiger partial charge in [0.2, 0.25) is 0 Å². The Balaban J connectivity index is -0.000000126. The summed E-state index contributed by atoms with van der Waals surface area (Å²) in [7, 11) is 0. The monoisotopic (exact) mass is 429 g/mol. The summed E-state index contributed by atoms with van der Waals surface area (Å²) >= 11 is 0. The quantitative estimate of drug-likeness (QED) is 0.594. The molecule has 1 unspecified atom stereocenters. The summed E-state index contributed by atoms with van der Waals surface area (Å²) in [6, 6.07) is 7.67. The first-order valence-electron chi connectivity index (χ1n) is 5.66. The van der Waals surface area contributed by atoms with Crippen molar-refractivity contribution in [1.29, 1.82) is 0 Å². The van der Waals surface area contributed by atoms with Crippen molar-refractivity contribution in [1.82, 2.24) is 0 Å². The van der Waals surface area contributed by atoms with E-state index in [0.29, 0.717) is 6.42 Å². The number of carbonyl (C=O) groups is 2. The van der Waals surface area contributed by atoms with Crippen LogP contribution in [0.25, 0.3) is 0 Å². The van der Waals surface area contributed by atoms with Crippen LogP contribution in [0, 0.1) is 14.4 Å². The van der Waals surface area contributed by atoms with Gasteiger partial charge in [-0.3, -0.25) is 9.59 Å². The number of aliphatic hydroxyl groups is 1. The summed E-state index contributed by atoms with van der Waals surface area (Å²) in [5, 5.41) is 8.28. The molecule has 108 valence electrons. The molecule has 0 aliphatic heterocycles. The first-order valence-corrected chi connectivity index (χ1v) is 5.66. The molecule has 0 spiro atoms. The Morgan fingerprint density at radius 2 is 1.50 bits per heavy atom. The first kappa shape index (κ1) is 28.8. The molecule has 0 fully saturated rings. The standard InChI is InChI=1S/C10H12O.C4H8O2.CH3.2Y/c1-3-10(11)9-6-4-8(2)5-7-9;1-3(5)4(2)6;;;/h4-7H,3H2,1-2H3;3,5H,1-2H3;1H3;;/q;;-1;;. The minimum absolute atomic E-state index is 0. The van der Waals surface area contributed by atoms with E-state index in [2.05, 4.69) is 0 Å². The number of aliphatic hydroxyl groups excluding tert-OH is 1. The second-order valence-electron chi connectivity index (χ2n) is 3.93. The predicted octanol–water partition coefficient (Wildman–Crippen LogP) is 2.99. The zero-order valence-corrected chi connectivity index (χ0v) is 18.7. The molecule has 0 aliphatic rings. The number of ketones is 2. The second kappa shape index (κ2) is 16.1. The molecular weight excluding hydrogens is 406 g/mol. The fourth-order valence-corrected chi connectivity index (χ4v) is 0.944. The molecule has 0 aromatic heterocycles. The topological polar surface area (TPSA) is 54.4 Å². The number of hydrogen-bond acceptors (Lipinski definition) is 3. The summed E-state index contributed by atoms with van der Waals surface area (Å²) in [5.41, 5.74) is 2.01. The summed E-state index contributed by atoms with van der Waals surface area (Å²) in [5.74, 6) is 0.0278. The Morgan fingerprint density at radius 3 is 1.75 bits per heavy atom. The van der Waals surface area contributed by atoms with Crippen molar-refractivity contribution in [2.75, 3.05) is 0 Å². The second-order valence-corrected chi connectivity index (χ2v) is 3.93. The van der Waals surface area contributed by atoms with Crippen molar-refractivity contribution in [2.24, 2.45) is 0 Å². The number of benzene rings is 1. The van der Waals surface area contributed by atoms with Gasteiger partial charge in [0.1, 0.15) is 6.10 Å². The minimum atomic E-state index is -0.787. The van der Waals surface area contributed by atoms with Gasteiger partial charge in [0.05, 0.1) is 0 Å². The molecule has 5 heteroatoms. The molecule has 0 heterocycles. The summed E-state index contributed by atoms with van der Waals surface area (Å²) in [6.45, 7) is 6.69. The van der Waals surface area contributed by atoms with E-state index in [1.54, 1.807) is 0 Å². The molecule has 0 amide bonds. The van der Waals surface area contributed by atoms with Gasteiger partial charge in [-0.15, -0.1) is 0 Å². The van der Waals surface area contributed by atoms with Gasteiger partial charge < -0.3 is 12.5 Å². The molecule has 2 radical (unpaired) electrons. The van der Waals surface area contributed by atoms with E-state index in [4.69, 9.17) is 5.11 Å². The Hall–Kier alpha value is 0.728. The van der Waals surface area contributed by atoms with Crippen LogP contribution in [0.1, 0.15) is 43.1 Å². The average Bonchev–Trinajstić information content (AvgIpc) is 2.29. The van der Waals surface area contributed by atoms with E-state index in [-0.39, 0.29) is 84.4 Å². The number of Topliss-reactive ketones (excluding diaryl/α,β-unsaturated/α-hetero) is 2. The fourth-order valence-electron chi connectivity index (χ4n) is 0.944. The first-order chi connectivity index (χ1) is 7.88. The molecule has 0 aliphatic carbocycles. The van der Waals surface area contributed by atoms with Crippen molar-refractivity contribution in [3.63, 3.8) is 0 Å². The molecular formula is C15H23O3Y2-. The van der Waals surface area contributed by atoms with E-state index in [1.807, 2.05) is 38.1 Å². The van der Waals surface area contributed by atoms with Gasteiger partial charge in [-0.05, 0) is 20.8 Å². The Bertz CT molecular complexity index is 373. The van der Waals surface area contributed by atoms with Gasteiger partial charge >= 0.3 is 0 Å². The van der Waals surface area contributed by atoms with Crippen LogP contribution in [-0.4, -0.2) is 22.8 Å². The molecule has 1 aromatic carbocycles. The van der Waals surface area contributed by atoms with Gasteiger partial charge in [-0.25, -0.2) is 0 Å². The molecule has 20 heavy (non-hydrogen) atoms. The van der Waals surface area contributed by atoms with Crippen molar-refractivity contribution in [3.8, 4) is 0 Å². The smallest absolute Gasteiger partial charge is 0.162 e. The van der Waals surface area contributed by atoms with Crippen LogP contribution in [0.15, 0.2) is 24.3 Å². The number of carbonyl (C=O) groups excluding carboxylic acids is 2. The maximum absolute atomic E-state index is 11.1. The molecule has 3 nitrogen and oxygen atoms in total. The van der Waals surface area contributed by atoms with Crippen molar-refractivity contribution >= 4 is 11.6 Å². The fraction of sp³-hybridized carbons (Fsp3) is 0.400. The molecule has 0 saturated heterocycles. The van der Waals surface area contributed by atoms with Crippen LogP contribution in [0.4, 0.5) is 0 Å². The van der Waals surface area contributed by atoms with Gasteiger partial charge in [0.25, 0.3) is 0 Å². The predicted molar refractivity (Wildman–Crippen MR) is 74.6 cm³/mol. The van der Waals surface area contributed by atoms with E-state index in [9.17, 15) is 9.59 Å². The zero-order chi connectivity index (χ0) is 13.4. The SMILES string of the molecule is CC(=O)C(C)O.CCC(=O)c1ccc(C)cc1.[CH3-].[Y].[Y]. The van der Waals surface area contributed by atoms with Gasteiger partial charge in [0, 0.05) is 77.4 Å². The van der Waals surface area contributed by atoms with E-state index in [0.717, 1.165) is 5.56 Å². The van der Waals surface area contributed by atoms with Crippen LogP contribution in [0.3, 0.4) is 0 Å². The third kappa shape index (κ3) is 13.7. The van der Waals surface area contributed by atoms with Gasteiger partial charge in [0.15, 0.2) is 11.6 Å². The zero-order valence-electron chi connectivity index (χ0n) is 13.0. The van der Waals surface area contributed by atoms with Crippen LogP contribution in [0.5, 0.6) is 0 Å². The summed E-state index contributed by atoms with van der Waals surface area (Å²) in [4.78, 5) is 21.0. The number of rotatable bonds is 3. The van der Waals surface area contributed by atoms with E-state index >= 15 is 0 Å². The van der Waals surface area contributed by atoms with Gasteiger partial charge in [-0.2, -0.15) is 0 Å². The maximum atomic E-state index is 11.1. The number of aryl methyl sites for hydroxylation is 1. The summed E-state index contributed by atoms with van der Waals surface area (Å²) in [6.07, 6.45) is -0.201. The van der Waals surface area contributed by atoms with E-state index < -0.39 is 6.10 Å². The van der Waals surface area contributed by atoms with Crippen LogP contribution >= 0.6 is 0 Å². The molecule has 0 bridgehead atoms. The van der Waals surface area contributed by atoms with Crippen LogP contribution in [0.2, 0.25) is 0 Å². The third-order valence-corrected chi connectivity index (χ3v) is 2.28. The third-order valence-electron chi connectivity index (χ3n) is 2.28. The summed E-state index contributed by atoms with van der Waals surface area (Å²) < 4.78 is 0. The number of hydrogen-bond donors (Lipinski definition) is 1. The Morgan fingerprint density at radius 1 is 1.15 bits per heavy atom. The molecule has 1 aromatic rings. The van der Waals surface area contributed by atoms with E-state index in [1.165, 1.54) is 19.4 Å². The van der Waals surface area contributed by atoms with Gasteiger partial charge in [-0.1, -0.05) is 36.8 Å². The van der Waals surface area contributed by atoms with Crippen molar-refractivity contribution in [2.45, 2.75) is 40.2 Å². The van der Waals surface area contributed by atoms with Crippen LogP contribution in [-0.2, 0) is 70.2 Å². The Kier molecular flexibility index (Phi) is 23.2. The van der Waals surface area contributed by atoms with Crippen LogP contribution < -0.4 is 0 Å². The van der Waals surface area contributed by atoms with Crippen molar-refractivity contribution in [3.05, 3.63) is 42.8 Å². The normalized spacial score (nSPS) is 9.45. The molecule has 1 rings (SSSR count).